The number of likely N-dealkylation sites (tertiary alicyclic amines) is 1. The van der Waals surface area contributed by atoms with Crippen LogP contribution < -0.4 is 5.32 Å². The fourth-order valence-corrected chi connectivity index (χ4v) is 3.62. The van der Waals surface area contributed by atoms with E-state index < -0.39 is 11.0 Å². The van der Waals surface area contributed by atoms with Crippen LogP contribution in [0.1, 0.15) is 45.6 Å². The van der Waals surface area contributed by atoms with Gasteiger partial charge in [-0.05, 0) is 24.5 Å². The number of hydrogen-bond acceptors (Lipinski definition) is 3. The molecular weight excluding hydrogens is 323 g/mol. The van der Waals surface area contributed by atoms with Gasteiger partial charge in [-0.2, -0.15) is 0 Å². The van der Waals surface area contributed by atoms with Gasteiger partial charge in [0.05, 0.1) is 18.6 Å². The summed E-state index contributed by atoms with van der Waals surface area (Å²) in [6, 6.07) is 6.52. The standard InChI is InChI=1S/C19H27FN2O3/c1-14(24)22-10-6-9-19(22,13-23)11-17(25)21-12-18(2,3)15-7-4-5-8-16(15)20/h4-5,7-8,23H,6,9-13H2,1-3H3,(H,21,25). The molecule has 1 fully saturated rings. The largest absolute Gasteiger partial charge is 0.394 e. The molecule has 0 spiro atoms. The van der Waals surface area contributed by atoms with Crippen LogP contribution in [0.3, 0.4) is 0 Å². The van der Waals surface area contributed by atoms with E-state index in [1.807, 2.05) is 13.8 Å². The van der Waals surface area contributed by atoms with Gasteiger partial charge in [-0.3, -0.25) is 9.59 Å². The molecule has 1 unspecified atom stereocenters. The maximum Gasteiger partial charge on any atom is 0.222 e. The number of benzene rings is 1. The van der Waals surface area contributed by atoms with Crippen LogP contribution in [0.2, 0.25) is 0 Å². The van der Waals surface area contributed by atoms with Crippen molar-refractivity contribution in [3.63, 3.8) is 0 Å². The quantitative estimate of drug-likeness (QED) is 0.824. The van der Waals surface area contributed by atoms with Crippen molar-refractivity contribution in [2.75, 3.05) is 19.7 Å². The first-order valence-corrected chi connectivity index (χ1v) is 8.63. The Morgan fingerprint density at radius 3 is 2.64 bits per heavy atom. The first kappa shape index (κ1) is 19.4. The van der Waals surface area contributed by atoms with Gasteiger partial charge in [-0.25, -0.2) is 4.39 Å². The van der Waals surface area contributed by atoms with Gasteiger partial charge in [-0.15, -0.1) is 0 Å². The van der Waals surface area contributed by atoms with Crippen LogP contribution in [0.25, 0.3) is 0 Å². The average Bonchev–Trinajstić information content (AvgIpc) is 2.97. The summed E-state index contributed by atoms with van der Waals surface area (Å²) in [5.41, 5.74) is -0.847. The Morgan fingerprint density at radius 2 is 2.04 bits per heavy atom. The molecule has 138 valence electrons. The Morgan fingerprint density at radius 1 is 1.36 bits per heavy atom. The molecule has 2 amide bonds. The monoisotopic (exact) mass is 350 g/mol. The molecule has 1 aromatic rings. The van der Waals surface area contributed by atoms with E-state index in [1.165, 1.54) is 13.0 Å². The van der Waals surface area contributed by atoms with E-state index in [2.05, 4.69) is 5.32 Å². The van der Waals surface area contributed by atoms with Gasteiger partial charge < -0.3 is 15.3 Å². The summed E-state index contributed by atoms with van der Waals surface area (Å²) < 4.78 is 14.0. The molecule has 2 rings (SSSR count). The molecular formula is C19H27FN2O3. The van der Waals surface area contributed by atoms with Crippen LogP contribution in [0.4, 0.5) is 4.39 Å². The predicted octanol–water partition coefficient (Wildman–Crippen LogP) is 1.98. The van der Waals surface area contributed by atoms with Crippen molar-refractivity contribution < 1.29 is 19.1 Å². The first-order valence-electron chi connectivity index (χ1n) is 8.63. The molecule has 0 radical (unpaired) electrons. The smallest absolute Gasteiger partial charge is 0.222 e. The van der Waals surface area contributed by atoms with Gasteiger partial charge in [-0.1, -0.05) is 32.0 Å². The molecule has 1 aromatic carbocycles. The van der Waals surface area contributed by atoms with Crippen LogP contribution in [0, 0.1) is 5.82 Å². The second-order valence-electron chi connectivity index (χ2n) is 7.47. The number of halogens is 1. The minimum atomic E-state index is -0.821. The Balaban J connectivity index is 2.02. The molecule has 6 heteroatoms. The summed E-state index contributed by atoms with van der Waals surface area (Å²) >= 11 is 0. The molecule has 25 heavy (non-hydrogen) atoms. The maximum atomic E-state index is 14.0. The zero-order chi connectivity index (χ0) is 18.7. The zero-order valence-electron chi connectivity index (χ0n) is 15.1. The highest BCUT2D eigenvalue weighted by molar-refractivity contribution is 5.80. The van der Waals surface area contributed by atoms with Crippen molar-refractivity contribution in [3.8, 4) is 0 Å². The van der Waals surface area contributed by atoms with Crippen molar-refractivity contribution >= 4 is 11.8 Å². The molecule has 1 heterocycles. The van der Waals surface area contributed by atoms with Crippen LogP contribution in [0.15, 0.2) is 24.3 Å². The summed E-state index contributed by atoms with van der Waals surface area (Å²) in [4.78, 5) is 25.8. The van der Waals surface area contributed by atoms with Crippen LogP contribution in [0.5, 0.6) is 0 Å². The highest BCUT2D eigenvalue weighted by atomic mass is 19.1. The minimum Gasteiger partial charge on any atom is -0.394 e. The molecule has 1 aliphatic heterocycles. The van der Waals surface area contributed by atoms with E-state index in [1.54, 1.807) is 23.1 Å². The minimum absolute atomic E-state index is 0.0520. The molecule has 0 bridgehead atoms. The number of amides is 2. The molecule has 5 nitrogen and oxygen atoms in total. The SMILES string of the molecule is CC(=O)N1CCCC1(CO)CC(=O)NCC(C)(C)c1ccccc1F. The van der Waals surface area contributed by atoms with Gasteiger partial charge in [0, 0.05) is 25.4 Å². The Labute approximate surface area is 148 Å². The van der Waals surface area contributed by atoms with Crippen molar-refractivity contribution in [2.24, 2.45) is 0 Å². The predicted molar refractivity (Wildman–Crippen MR) is 93.5 cm³/mol. The van der Waals surface area contributed by atoms with Crippen LogP contribution in [-0.2, 0) is 15.0 Å². The zero-order valence-corrected chi connectivity index (χ0v) is 15.1. The number of carbonyl (C=O) groups is 2. The van der Waals surface area contributed by atoms with Crippen molar-refractivity contribution in [1.29, 1.82) is 0 Å². The highest BCUT2D eigenvalue weighted by Gasteiger charge is 2.43. The Kier molecular flexibility index (Phi) is 5.83. The normalized spacial score (nSPS) is 20.6. The topological polar surface area (TPSA) is 69.6 Å². The molecule has 1 saturated heterocycles. The summed E-state index contributed by atoms with van der Waals surface area (Å²) in [5.74, 6) is -0.676. The van der Waals surface area contributed by atoms with Crippen molar-refractivity contribution in [2.45, 2.75) is 51.0 Å². The summed E-state index contributed by atoms with van der Waals surface area (Å²) in [6.07, 6.45) is 1.43. The number of aliphatic hydroxyl groups excluding tert-OH is 1. The van der Waals surface area contributed by atoms with Gasteiger partial charge in [0.2, 0.25) is 11.8 Å². The third-order valence-electron chi connectivity index (χ3n) is 5.09. The van der Waals surface area contributed by atoms with E-state index in [0.717, 1.165) is 6.42 Å². The van der Waals surface area contributed by atoms with E-state index in [-0.39, 0.29) is 37.2 Å². The number of carbonyl (C=O) groups excluding carboxylic acids is 2. The van der Waals surface area contributed by atoms with Crippen LogP contribution >= 0.6 is 0 Å². The molecule has 0 aromatic heterocycles. The lowest BCUT2D eigenvalue weighted by atomic mass is 9.84. The summed E-state index contributed by atoms with van der Waals surface area (Å²) in [6.45, 7) is 5.78. The maximum absolute atomic E-state index is 14.0. The average molecular weight is 350 g/mol. The van der Waals surface area contributed by atoms with Gasteiger partial charge in [0.1, 0.15) is 5.82 Å². The van der Waals surface area contributed by atoms with E-state index in [4.69, 9.17) is 0 Å². The lowest BCUT2D eigenvalue weighted by Gasteiger charge is -2.36. The number of hydrogen-bond donors (Lipinski definition) is 2. The lowest BCUT2D eigenvalue weighted by Crippen LogP contribution is -2.52. The fourth-order valence-electron chi connectivity index (χ4n) is 3.62. The van der Waals surface area contributed by atoms with E-state index >= 15 is 0 Å². The summed E-state index contributed by atoms with van der Waals surface area (Å²) in [7, 11) is 0. The summed E-state index contributed by atoms with van der Waals surface area (Å²) in [5, 5.41) is 12.6. The molecule has 0 aliphatic carbocycles. The fraction of sp³-hybridized carbons (Fsp3) is 0.579. The number of nitrogens with zero attached hydrogens (tertiary/aromatic N) is 1. The number of nitrogens with one attached hydrogen (secondary N) is 1. The second-order valence-corrected chi connectivity index (χ2v) is 7.47. The highest BCUT2D eigenvalue weighted by Crippen LogP contribution is 2.32. The molecule has 1 aliphatic rings. The molecule has 1 atom stereocenters. The Bertz CT molecular complexity index is 647. The lowest BCUT2D eigenvalue weighted by molar-refractivity contribution is -0.137. The molecule has 2 N–H and O–H groups in total. The third kappa shape index (κ3) is 4.18. The molecule has 0 saturated carbocycles. The van der Waals surface area contributed by atoms with Gasteiger partial charge >= 0.3 is 0 Å². The van der Waals surface area contributed by atoms with Gasteiger partial charge in [0.15, 0.2) is 0 Å². The third-order valence-corrected chi connectivity index (χ3v) is 5.09. The van der Waals surface area contributed by atoms with E-state index in [9.17, 15) is 19.1 Å². The second kappa shape index (κ2) is 7.52. The number of rotatable bonds is 6. The van der Waals surface area contributed by atoms with Gasteiger partial charge in [0.25, 0.3) is 0 Å². The first-order chi connectivity index (χ1) is 11.7. The Hall–Kier alpha value is -1.95. The van der Waals surface area contributed by atoms with Crippen molar-refractivity contribution in [3.05, 3.63) is 35.6 Å². The van der Waals surface area contributed by atoms with E-state index in [0.29, 0.717) is 18.5 Å². The van der Waals surface area contributed by atoms with Crippen LogP contribution in [-0.4, -0.2) is 47.1 Å². The number of aliphatic hydroxyl groups is 1. The van der Waals surface area contributed by atoms with Crippen molar-refractivity contribution in [1.82, 2.24) is 10.2 Å².